The van der Waals surface area contributed by atoms with Crippen molar-refractivity contribution < 1.29 is 23.5 Å². The van der Waals surface area contributed by atoms with Gasteiger partial charge in [0, 0.05) is 13.1 Å². The third-order valence-electron chi connectivity index (χ3n) is 4.32. The van der Waals surface area contributed by atoms with Crippen LogP contribution in [0.4, 0.5) is 9.18 Å². The van der Waals surface area contributed by atoms with Crippen molar-refractivity contribution in [3.8, 4) is 11.8 Å². The van der Waals surface area contributed by atoms with Gasteiger partial charge in [0.05, 0.1) is 16.5 Å². The van der Waals surface area contributed by atoms with Crippen LogP contribution in [-0.2, 0) is 9.59 Å². The summed E-state index contributed by atoms with van der Waals surface area (Å²) in [5, 5.41) is 11.1. The maximum atomic E-state index is 13.0. The number of nitriles is 1. The van der Waals surface area contributed by atoms with Crippen LogP contribution in [0.25, 0.3) is 6.08 Å². The van der Waals surface area contributed by atoms with Gasteiger partial charge >= 0.3 is 0 Å². The van der Waals surface area contributed by atoms with E-state index in [0.717, 1.165) is 16.7 Å². The topological polar surface area (TPSA) is 99.5 Å². The fraction of sp³-hybridized carbons (Fsp3) is 0.182. The number of hydrogen-bond acceptors (Lipinski definition) is 6. The number of nitrogens with zero attached hydrogens (tertiary/aromatic N) is 2. The largest absolute Gasteiger partial charge is 0.481 e. The zero-order chi connectivity index (χ0) is 22.4. The Hall–Kier alpha value is -3.64. The summed E-state index contributed by atoms with van der Waals surface area (Å²) in [5.41, 5.74) is 1.02. The van der Waals surface area contributed by atoms with Crippen LogP contribution >= 0.6 is 11.8 Å². The number of thioether (sulfide) groups is 1. The molecule has 1 heterocycles. The van der Waals surface area contributed by atoms with E-state index in [9.17, 15) is 18.8 Å². The second kappa shape index (κ2) is 9.91. The summed E-state index contributed by atoms with van der Waals surface area (Å²) in [6.07, 6.45) is 0.691. The number of benzene rings is 2. The lowest BCUT2D eigenvalue weighted by molar-refractivity contribution is -0.128. The molecular formula is C22H18FN3O4S. The molecule has 2 aromatic carbocycles. The molecule has 2 aromatic rings. The number of carbonyl (C=O) groups excluding carboxylic acids is 3. The van der Waals surface area contributed by atoms with Gasteiger partial charge in [0.15, 0.2) is 6.10 Å². The molecule has 3 rings (SSSR count). The number of carbonyl (C=O) groups is 3. The van der Waals surface area contributed by atoms with E-state index in [2.05, 4.69) is 5.32 Å². The van der Waals surface area contributed by atoms with Crippen LogP contribution in [0, 0.1) is 17.1 Å². The Morgan fingerprint density at radius 2 is 2.03 bits per heavy atom. The third-order valence-corrected chi connectivity index (χ3v) is 5.23. The van der Waals surface area contributed by atoms with Crippen molar-refractivity contribution in [2.45, 2.75) is 13.0 Å². The molecule has 31 heavy (non-hydrogen) atoms. The van der Waals surface area contributed by atoms with E-state index in [-0.39, 0.29) is 18.0 Å². The highest BCUT2D eigenvalue weighted by Crippen LogP contribution is 2.31. The molecule has 1 unspecified atom stereocenters. The smallest absolute Gasteiger partial charge is 0.293 e. The molecule has 158 valence electrons. The lowest BCUT2D eigenvalue weighted by Gasteiger charge is -2.16. The zero-order valence-electron chi connectivity index (χ0n) is 16.5. The van der Waals surface area contributed by atoms with Crippen LogP contribution in [0.1, 0.15) is 18.1 Å². The number of rotatable bonds is 7. The van der Waals surface area contributed by atoms with Gasteiger partial charge in [0.25, 0.3) is 17.1 Å². The molecule has 1 aliphatic rings. The molecule has 1 saturated heterocycles. The molecule has 0 aliphatic carbocycles. The highest BCUT2D eigenvalue weighted by molar-refractivity contribution is 8.18. The molecule has 1 fully saturated rings. The summed E-state index contributed by atoms with van der Waals surface area (Å²) in [6, 6.07) is 14.0. The minimum absolute atomic E-state index is 0.00774. The number of imide groups is 1. The third kappa shape index (κ3) is 5.71. The highest BCUT2D eigenvalue weighted by Gasteiger charge is 2.34. The molecule has 1 atom stereocenters. The molecule has 1 N–H and O–H groups in total. The van der Waals surface area contributed by atoms with E-state index in [1.54, 1.807) is 25.1 Å². The second-order valence-electron chi connectivity index (χ2n) is 6.58. The number of hydrogen-bond donors (Lipinski definition) is 1. The molecule has 9 heteroatoms. The lowest BCUT2D eigenvalue weighted by atomic mass is 10.2. The molecule has 0 radical (unpaired) electrons. The van der Waals surface area contributed by atoms with Gasteiger partial charge in [-0.1, -0.05) is 18.2 Å². The first kappa shape index (κ1) is 22.1. The van der Waals surface area contributed by atoms with E-state index >= 15 is 0 Å². The molecule has 3 amide bonds. The average molecular weight is 439 g/mol. The first-order valence-electron chi connectivity index (χ1n) is 9.33. The monoisotopic (exact) mass is 439 g/mol. The lowest BCUT2D eigenvalue weighted by Crippen LogP contribution is -2.41. The Labute approximate surface area is 182 Å². The van der Waals surface area contributed by atoms with Gasteiger partial charge in [-0.15, -0.1) is 0 Å². The molecule has 0 aromatic heterocycles. The van der Waals surface area contributed by atoms with Crippen molar-refractivity contribution >= 4 is 34.9 Å². The number of nitrogens with one attached hydrogen (secondary N) is 1. The predicted octanol–water partition coefficient (Wildman–Crippen LogP) is 3.32. The average Bonchev–Trinajstić information content (AvgIpc) is 3.02. The standard InChI is InChI=1S/C22H18FN3O4S/c1-14(30-18-4-2-3-16(11-18)13-24)20(27)25-9-10-26-21(28)19(31-22(26)29)12-15-5-7-17(23)8-6-15/h2-8,11-12,14H,9-10H2,1H3,(H,25,27)/b19-12+. The fourth-order valence-electron chi connectivity index (χ4n) is 2.73. The van der Waals surface area contributed by atoms with Gasteiger partial charge in [0.2, 0.25) is 0 Å². The molecular weight excluding hydrogens is 421 g/mol. The normalized spacial score (nSPS) is 15.6. The maximum absolute atomic E-state index is 13.0. The molecule has 0 saturated carbocycles. The van der Waals surface area contributed by atoms with Crippen LogP contribution in [0.3, 0.4) is 0 Å². The SMILES string of the molecule is CC(Oc1cccc(C#N)c1)C(=O)NCCN1C(=O)S/C(=C/c2ccc(F)cc2)C1=O. The van der Waals surface area contributed by atoms with Gasteiger partial charge < -0.3 is 10.1 Å². The Balaban J connectivity index is 1.51. The minimum Gasteiger partial charge on any atom is -0.481 e. The number of ether oxygens (including phenoxy) is 1. The van der Waals surface area contributed by atoms with Crippen molar-refractivity contribution in [3.05, 3.63) is 70.4 Å². The number of amides is 3. The maximum Gasteiger partial charge on any atom is 0.293 e. The minimum atomic E-state index is -0.831. The first-order chi connectivity index (χ1) is 14.9. The molecule has 0 spiro atoms. The van der Waals surface area contributed by atoms with Gasteiger partial charge in [-0.25, -0.2) is 4.39 Å². The van der Waals surface area contributed by atoms with Crippen molar-refractivity contribution in [2.75, 3.05) is 13.1 Å². The summed E-state index contributed by atoms with van der Waals surface area (Å²) < 4.78 is 18.5. The van der Waals surface area contributed by atoms with Crippen molar-refractivity contribution in [1.82, 2.24) is 10.2 Å². The van der Waals surface area contributed by atoms with Crippen molar-refractivity contribution in [2.24, 2.45) is 0 Å². The van der Waals surface area contributed by atoms with Crippen molar-refractivity contribution in [3.63, 3.8) is 0 Å². The fourth-order valence-corrected chi connectivity index (χ4v) is 3.60. The summed E-state index contributed by atoms with van der Waals surface area (Å²) >= 11 is 0.792. The first-order valence-corrected chi connectivity index (χ1v) is 10.1. The summed E-state index contributed by atoms with van der Waals surface area (Å²) in [5.74, 6) is -0.891. The Morgan fingerprint density at radius 1 is 1.29 bits per heavy atom. The van der Waals surface area contributed by atoms with Crippen LogP contribution in [0.5, 0.6) is 5.75 Å². The Bertz CT molecular complexity index is 1080. The summed E-state index contributed by atoms with van der Waals surface area (Å²) in [6.45, 7) is 1.63. The van der Waals surface area contributed by atoms with Gasteiger partial charge in [-0.05, 0) is 60.7 Å². The molecule has 1 aliphatic heterocycles. The molecule has 7 nitrogen and oxygen atoms in total. The Morgan fingerprint density at radius 3 is 2.74 bits per heavy atom. The van der Waals surface area contributed by atoms with Gasteiger partial charge in [-0.3, -0.25) is 19.3 Å². The highest BCUT2D eigenvalue weighted by atomic mass is 32.2. The van der Waals surface area contributed by atoms with E-state index in [1.165, 1.54) is 36.4 Å². The zero-order valence-corrected chi connectivity index (χ0v) is 17.3. The summed E-state index contributed by atoms with van der Waals surface area (Å²) in [4.78, 5) is 38.1. The van der Waals surface area contributed by atoms with Crippen LogP contribution in [0.2, 0.25) is 0 Å². The van der Waals surface area contributed by atoms with Crippen LogP contribution in [0.15, 0.2) is 53.4 Å². The van der Waals surface area contributed by atoms with E-state index in [4.69, 9.17) is 10.00 Å². The molecule has 0 bridgehead atoms. The predicted molar refractivity (Wildman–Crippen MR) is 113 cm³/mol. The van der Waals surface area contributed by atoms with E-state index in [1.807, 2.05) is 6.07 Å². The van der Waals surface area contributed by atoms with E-state index < -0.39 is 29.0 Å². The van der Waals surface area contributed by atoms with Gasteiger partial charge in [0.1, 0.15) is 11.6 Å². The van der Waals surface area contributed by atoms with Crippen molar-refractivity contribution in [1.29, 1.82) is 5.26 Å². The van der Waals surface area contributed by atoms with Crippen LogP contribution < -0.4 is 10.1 Å². The quantitative estimate of drug-likeness (QED) is 0.665. The Kier molecular flexibility index (Phi) is 7.05. The number of halogens is 1. The van der Waals surface area contributed by atoms with Gasteiger partial charge in [-0.2, -0.15) is 5.26 Å². The second-order valence-corrected chi connectivity index (χ2v) is 7.57. The van der Waals surface area contributed by atoms with E-state index in [0.29, 0.717) is 16.9 Å². The van der Waals surface area contributed by atoms with Crippen LogP contribution in [-0.4, -0.2) is 41.1 Å². The summed E-state index contributed by atoms with van der Waals surface area (Å²) in [7, 11) is 0.